The van der Waals surface area contributed by atoms with Crippen LogP contribution in [-0.2, 0) is 9.59 Å². The van der Waals surface area contributed by atoms with E-state index in [1.165, 1.54) is 23.1 Å². The van der Waals surface area contributed by atoms with Gasteiger partial charge in [0.15, 0.2) is 5.82 Å². The van der Waals surface area contributed by atoms with E-state index in [9.17, 15) is 18.8 Å². The minimum absolute atomic E-state index is 0.00594. The van der Waals surface area contributed by atoms with Crippen molar-refractivity contribution in [2.24, 2.45) is 11.7 Å². The molecular weight excluding hydrogens is 365 g/mol. The van der Waals surface area contributed by atoms with Crippen LogP contribution in [0.25, 0.3) is 10.9 Å². The van der Waals surface area contributed by atoms with Gasteiger partial charge in [-0.2, -0.15) is 5.10 Å². The molecule has 1 aliphatic rings. The van der Waals surface area contributed by atoms with Crippen LogP contribution in [0.5, 0.6) is 0 Å². The third kappa shape index (κ3) is 3.07. The third-order valence-corrected chi connectivity index (χ3v) is 4.71. The number of aromatic amines is 1. The number of nitrogens with one attached hydrogen (secondary N) is 2. The first-order chi connectivity index (χ1) is 13.4. The van der Waals surface area contributed by atoms with E-state index in [4.69, 9.17) is 5.73 Å². The molecule has 3 amide bonds. The predicted octanol–water partition coefficient (Wildman–Crippen LogP) is 1.79. The average molecular weight is 381 g/mol. The van der Waals surface area contributed by atoms with Gasteiger partial charge in [0.05, 0.1) is 16.8 Å². The zero-order chi connectivity index (χ0) is 19.8. The monoisotopic (exact) mass is 381 g/mol. The summed E-state index contributed by atoms with van der Waals surface area (Å²) in [6.45, 7) is 0.0956. The standard InChI is InChI=1S/C19H16FN5O3/c20-13-2-1-3-14-16(13)18(24-23-14)25-9-11(8-15(25)26)19(28)22-12-6-4-10(5-7-12)17(21)27/h1-7,11H,8-9H2,(H2,21,27)(H,22,28)(H,23,24)/t11-/m1/s1. The van der Waals surface area contributed by atoms with Gasteiger partial charge in [0.2, 0.25) is 17.7 Å². The van der Waals surface area contributed by atoms with Crippen LogP contribution in [0.3, 0.4) is 0 Å². The number of aromatic nitrogens is 2. The number of anilines is 2. The molecule has 1 atom stereocenters. The molecule has 142 valence electrons. The van der Waals surface area contributed by atoms with E-state index in [1.807, 2.05) is 0 Å². The summed E-state index contributed by atoms with van der Waals surface area (Å²) in [6, 6.07) is 10.6. The number of carbonyl (C=O) groups excluding carboxylic acids is 3. The molecule has 1 saturated heterocycles. The molecule has 0 saturated carbocycles. The molecule has 8 nitrogen and oxygen atoms in total. The fourth-order valence-electron chi connectivity index (χ4n) is 3.26. The van der Waals surface area contributed by atoms with Gasteiger partial charge in [-0.15, -0.1) is 0 Å². The lowest BCUT2D eigenvalue weighted by Crippen LogP contribution is -2.28. The molecule has 0 unspecified atom stereocenters. The lowest BCUT2D eigenvalue weighted by Gasteiger charge is -2.14. The Kier molecular flexibility index (Phi) is 4.26. The van der Waals surface area contributed by atoms with E-state index >= 15 is 0 Å². The second kappa shape index (κ2) is 6.76. The number of nitrogens with two attached hydrogens (primary N) is 1. The topological polar surface area (TPSA) is 121 Å². The zero-order valence-corrected chi connectivity index (χ0v) is 14.6. The Bertz CT molecular complexity index is 1090. The van der Waals surface area contributed by atoms with Crippen molar-refractivity contribution in [2.45, 2.75) is 6.42 Å². The second-order valence-electron chi connectivity index (χ2n) is 6.55. The van der Waals surface area contributed by atoms with Gasteiger partial charge in [0.1, 0.15) is 5.82 Å². The Morgan fingerprint density at radius 3 is 2.68 bits per heavy atom. The summed E-state index contributed by atoms with van der Waals surface area (Å²) in [6.07, 6.45) is -0.00594. The van der Waals surface area contributed by atoms with Crippen LogP contribution in [0.2, 0.25) is 0 Å². The first kappa shape index (κ1) is 17.7. The van der Waals surface area contributed by atoms with E-state index < -0.39 is 17.6 Å². The normalized spacial score (nSPS) is 16.5. The number of hydrogen-bond donors (Lipinski definition) is 3. The quantitative estimate of drug-likeness (QED) is 0.638. The molecule has 2 aromatic carbocycles. The van der Waals surface area contributed by atoms with Crippen molar-refractivity contribution in [3.63, 3.8) is 0 Å². The number of amides is 3. The van der Waals surface area contributed by atoms with Crippen LogP contribution in [0.1, 0.15) is 16.8 Å². The number of benzene rings is 2. The molecule has 1 aromatic heterocycles. The van der Waals surface area contributed by atoms with Crippen LogP contribution < -0.4 is 16.0 Å². The predicted molar refractivity (Wildman–Crippen MR) is 100 cm³/mol. The van der Waals surface area contributed by atoms with Crippen LogP contribution in [-0.4, -0.2) is 34.5 Å². The summed E-state index contributed by atoms with van der Waals surface area (Å²) in [5.74, 6) is -2.13. The van der Waals surface area contributed by atoms with Crippen molar-refractivity contribution >= 4 is 40.1 Å². The fourth-order valence-corrected chi connectivity index (χ4v) is 3.26. The van der Waals surface area contributed by atoms with E-state index in [1.54, 1.807) is 24.3 Å². The van der Waals surface area contributed by atoms with Crippen molar-refractivity contribution in [3.05, 3.63) is 53.8 Å². The minimum atomic E-state index is -0.609. The molecule has 1 fully saturated rings. The van der Waals surface area contributed by atoms with Gasteiger partial charge in [0.25, 0.3) is 0 Å². The summed E-state index contributed by atoms with van der Waals surface area (Å²) >= 11 is 0. The lowest BCUT2D eigenvalue weighted by molar-refractivity contribution is -0.122. The van der Waals surface area contributed by atoms with Crippen molar-refractivity contribution in [2.75, 3.05) is 16.8 Å². The van der Waals surface area contributed by atoms with E-state index in [0.717, 1.165) is 0 Å². The van der Waals surface area contributed by atoms with Gasteiger partial charge in [0, 0.05) is 24.2 Å². The molecule has 3 aromatic rings. The van der Waals surface area contributed by atoms with Gasteiger partial charge >= 0.3 is 0 Å². The highest BCUT2D eigenvalue weighted by Crippen LogP contribution is 2.31. The van der Waals surface area contributed by atoms with Gasteiger partial charge in [-0.1, -0.05) is 6.07 Å². The molecule has 28 heavy (non-hydrogen) atoms. The highest BCUT2D eigenvalue weighted by Gasteiger charge is 2.37. The summed E-state index contributed by atoms with van der Waals surface area (Å²) in [7, 11) is 0. The highest BCUT2D eigenvalue weighted by atomic mass is 19.1. The van der Waals surface area contributed by atoms with Crippen LogP contribution in [0.4, 0.5) is 15.9 Å². The highest BCUT2D eigenvalue weighted by molar-refractivity contribution is 6.07. The smallest absolute Gasteiger partial charge is 0.248 e. The van der Waals surface area contributed by atoms with Crippen LogP contribution >= 0.6 is 0 Å². The van der Waals surface area contributed by atoms with Crippen molar-refractivity contribution in [1.82, 2.24) is 10.2 Å². The second-order valence-corrected chi connectivity index (χ2v) is 6.55. The van der Waals surface area contributed by atoms with E-state index in [0.29, 0.717) is 16.8 Å². The molecule has 2 heterocycles. The van der Waals surface area contributed by atoms with Crippen molar-refractivity contribution in [1.29, 1.82) is 0 Å². The van der Waals surface area contributed by atoms with Gasteiger partial charge in [-0.25, -0.2) is 4.39 Å². The Morgan fingerprint density at radius 2 is 1.96 bits per heavy atom. The Balaban J connectivity index is 1.51. The average Bonchev–Trinajstić information content (AvgIpc) is 3.26. The molecule has 0 radical (unpaired) electrons. The molecule has 1 aliphatic heterocycles. The Labute approximate surface area is 158 Å². The van der Waals surface area contributed by atoms with Crippen molar-refractivity contribution in [3.8, 4) is 0 Å². The lowest BCUT2D eigenvalue weighted by atomic mass is 10.1. The molecule has 0 aliphatic carbocycles. The van der Waals surface area contributed by atoms with Crippen LogP contribution in [0.15, 0.2) is 42.5 Å². The Hall–Kier alpha value is -3.75. The maximum atomic E-state index is 14.2. The molecule has 0 spiro atoms. The first-order valence-corrected chi connectivity index (χ1v) is 8.57. The molecule has 0 bridgehead atoms. The molecule has 4 rings (SSSR count). The number of H-pyrrole nitrogens is 1. The van der Waals surface area contributed by atoms with Gasteiger partial charge < -0.3 is 11.1 Å². The van der Waals surface area contributed by atoms with Crippen molar-refractivity contribution < 1.29 is 18.8 Å². The zero-order valence-electron chi connectivity index (χ0n) is 14.6. The van der Waals surface area contributed by atoms with Crippen LogP contribution in [0, 0.1) is 11.7 Å². The fraction of sp³-hybridized carbons (Fsp3) is 0.158. The van der Waals surface area contributed by atoms with E-state index in [2.05, 4.69) is 15.5 Å². The Morgan fingerprint density at radius 1 is 1.21 bits per heavy atom. The maximum absolute atomic E-state index is 14.2. The van der Waals surface area contributed by atoms with E-state index in [-0.39, 0.29) is 36.0 Å². The maximum Gasteiger partial charge on any atom is 0.248 e. The molecule has 4 N–H and O–H groups in total. The summed E-state index contributed by atoms with van der Waals surface area (Å²) in [4.78, 5) is 37.4. The van der Waals surface area contributed by atoms with Gasteiger partial charge in [-0.3, -0.25) is 24.4 Å². The number of carbonyl (C=O) groups is 3. The SMILES string of the molecule is NC(=O)c1ccc(NC(=O)[C@@H]2CC(=O)N(c3n[nH]c4cccc(F)c34)C2)cc1. The number of rotatable bonds is 4. The summed E-state index contributed by atoms with van der Waals surface area (Å²) < 4.78 is 14.2. The number of primary amides is 1. The number of fused-ring (bicyclic) bond motifs is 1. The third-order valence-electron chi connectivity index (χ3n) is 4.71. The molecular formula is C19H16FN5O3. The number of nitrogens with zero attached hydrogens (tertiary/aromatic N) is 2. The minimum Gasteiger partial charge on any atom is -0.366 e. The summed E-state index contributed by atoms with van der Waals surface area (Å²) in [5.41, 5.74) is 6.47. The number of halogens is 1. The number of hydrogen-bond acceptors (Lipinski definition) is 4. The largest absolute Gasteiger partial charge is 0.366 e. The van der Waals surface area contributed by atoms with Gasteiger partial charge in [-0.05, 0) is 36.4 Å². The summed E-state index contributed by atoms with van der Waals surface area (Å²) in [5, 5.41) is 9.69. The first-order valence-electron chi connectivity index (χ1n) is 8.57. The molecule has 9 heteroatoms.